The van der Waals surface area contributed by atoms with Crippen molar-refractivity contribution in [3.63, 3.8) is 0 Å². The summed E-state index contributed by atoms with van der Waals surface area (Å²) in [7, 11) is 0. The molecule has 0 bridgehead atoms. The second-order valence-corrected chi connectivity index (χ2v) is 6.50. The Labute approximate surface area is 102 Å². The van der Waals surface area contributed by atoms with Gasteiger partial charge in [-0.25, -0.2) is 0 Å². The summed E-state index contributed by atoms with van der Waals surface area (Å²) in [4.78, 5) is 4.80. The quantitative estimate of drug-likeness (QED) is 0.704. The maximum Gasteiger partial charge on any atom is 0.0740 e. The molecule has 0 aromatic heterocycles. The molecular weight excluding hydrogens is 214 g/mol. The van der Waals surface area contributed by atoms with Gasteiger partial charge in [-0.1, -0.05) is 51.1 Å². The maximum absolute atomic E-state index is 4.80. The lowest BCUT2D eigenvalue weighted by atomic mass is 9.98. The number of benzene rings is 1. The van der Waals surface area contributed by atoms with Gasteiger partial charge in [0, 0.05) is 5.41 Å². The van der Waals surface area contributed by atoms with Crippen LogP contribution in [0.25, 0.3) is 0 Å². The van der Waals surface area contributed by atoms with Crippen molar-refractivity contribution in [1.29, 1.82) is 0 Å². The topological polar surface area (TPSA) is 12.4 Å². The molecule has 1 heterocycles. The summed E-state index contributed by atoms with van der Waals surface area (Å²) in [5.41, 5.74) is 1.57. The van der Waals surface area contributed by atoms with E-state index in [1.54, 1.807) is 0 Å². The van der Waals surface area contributed by atoms with Gasteiger partial charge in [-0.05, 0) is 12.5 Å². The molecule has 0 saturated carbocycles. The van der Waals surface area contributed by atoms with Crippen LogP contribution >= 0.6 is 11.8 Å². The van der Waals surface area contributed by atoms with Crippen LogP contribution in [-0.2, 0) is 0 Å². The summed E-state index contributed by atoms with van der Waals surface area (Å²) in [6.45, 7) is 8.92. The molecular formula is C14H19NS. The minimum atomic E-state index is 0.183. The minimum Gasteiger partial charge on any atom is -0.278 e. The molecule has 1 aliphatic rings. The largest absolute Gasteiger partial charge is 0.278 e. The molecule has 2 rings (SSSR count). The van der Waals surface area contributed by atoms with Crippen LogP contribution in [0.1, 0.15) is 38.5 Å². The first-order chi connectivity index (χ1) is 7.48. The van der Waals surface area contributed by atoms with Crippen LogP contribution in [0.4, 0.5) is 0 Å². The highest BCUT2D eigenvalue weighted by molar-refractivity contribution is 8.14. The third-order valence-electron chi connectivity index (χ3n) is 2.77. The molecule has 2 heteroatoms. The fourth-order valence-electron chi connectivity index (χ4n) is 1.86. The van der Waals surface area contributed by atoms with Crippen LogP contribution < -0.4 is 0 Å². The van der Waals surface area contributed by atoms with Gasteiger partial charge in [-0.3, -0.25) is 4.99 Å². The highest BCUT2D eigenvalue weighted by atomic mass is 32.2. The van der Waals surface area contributed by atoms with Crippen molar-refractivity contribution in [3.05, 3.63) is 35.9 Å². The lowest BCUT2D eigenvalue weighted by Crippen LogP contribution is -2.15. The van der Waals surface area contributed by atoms with Gasteiger partial charge in [0.25, 0.3) is 0 Å². The molecule has 16 heavy (non-hydrogen) atoms. The third kappa shape index (κ3) is 2.32. The van der Waals surface area contributed by atoms with Crippen molar-refractivity contribution in [3.8, 4) is 0 Å². The maximum atomic E-state index is 4.80. The Kier molecular flexibility index (Phi) is 3.11. The van der Waals surface area contributed by atoms with Gasteiger partial charge in [0.2, 0.25) is 0 Å². The molecule has 0 radical (unpaired) electrons. The lowest BCUT2D eigenvalue weighted by molar-refractivity contribution is 0.596. The molecule has 1 nitrogen and oxygen atoms in total. The van der Waals surface area contributed by atoms with Gasteiger partial charge in [-0.2, -0.15) is 0 Å². The monoisotopic (exact) mass is 233 g/mol. The molecule has 0 amide bonds. The fraction of sp³-hybridized carbons (Fsp3) is 0.500. The van der Waals surface area contributed by atoms with Crippen molar-refractivity contribution in [2.45, 2.75) is 39.0 Å². The van der Waals surface area contributed by atoms with E-state index in [0.29, 0.717) is 11.3 Å². The zero-order valence-corrected chi connectivity index (χ0v) is 11.2. The second kappa shape index (κ2) is 4.25. The smallest absolute Gasteiger partial charge is 0.0740 e. The first-order valence-electron chi connectivity index (χ1n) is 5.78. The average Bonchev–Trinajstić information content (AvgIpc) is 2.61. The first kappa shape index (κ1) is 11.7. The van der Waals surface area contributed by atoms with E-state index in [1.165, 1.54) is 10.6 Å². The van der Waals surface area contributed by atoms with Crippen LogP contribution in [0, 0.1) is 5.41 Å². The number of aliphatic imine (C=N–C) groups is 1. The van der Waals surface area contributed by atoms with Crippen LogP contribution in [0.3, 0.4) is 0 Å². The van der Waals surface area contributed by atoms with Crippen LogP contribution in [0.15, 0.2) is 35.3 Å². The van der Waals surface area contributed by atoms with Gasteiger partial charge in [-0.15, -0.1) is 11.8 Å². The second-order valence-electron chi connectivity index (χ2n) is 5.37. The van der Waals surface area contributed by atoms with Gasteiger partial charge in [0.1, 0.15) is 0 Å². The number of nitrogens with zero attached hydrogens (tertiary/aromatic N) is 1. The molecule has 1 aromatic rings. The average molecular weight is 233 g/mol. The fourth-order valence-corrected chi connectivity index (χ4v) is 3.23. The number of thioether (sulfide) groups is 1. The Morgan fingerprint density at radius 1 is 1.12 bits per heavy atom. The van der Waals surface area contributed by atoms with Gasteiger partial charge < -0.3 is 0 Å². The Hall–Kier alpha value is -0.760. The van der Waals surface area contributed by atoms with Crippen molar-refractivity contribution in [2.75, 3.05) is 0 Å². The van der Waals surface area contributed by atoms with Crippen molar-refractivity contribution >= 4 is 16.8 Å². The molecule has 0 spiro atoms. The van der Waals surface area contributed by atoms with E-state index in [4.69, 9.17) is 4.99 Å². The Morgan fingerprint density at radius 2 is 1.75 bits per heavy atom. The number of hydrogen-bond acceptors (Lipinski definition) is 2. The van der Waals surface area contributed by atoms with Crippen LogP contribution in [0.5, 0.6) is 0 Å². The SMILES string of the molecule is C[C@H]1N=C(C(C)(C)C)S[C@@H]1c1ccccc1. The lowest BCUT2D eigenvalue weighted by Gasteiger charge is -2.19. The number of hydrogen-bond donors (Lipinski definition) is 0. The predicted molar refractivity (Wildman–Crippen MR) is 73.1 cm³/mol. The summed E-state index contributed by atoms with van der Waals surface area (Å²) in [5.74, 6) is 0. The highest BCUT2D eigenvalue weighted by Gasteiger charge is 2.33. The van der Waals surface area contributed by atoms with E-state index < -0.39 is 0 Å². The zero-order valence-electron chi connectivity index (χ0n) is 10.4. The van der Waals surface area contributed by atoms with E-state index >= 15 is 0 Å². The van der Waals surface area contributed by atoms with E-state index in [2.05, 4.69) is 58.0 Å². The predicted octanol–water partition coefficient (Wildman–Crippen LogP) is 4.31. The Morgan fingerprint density at radius 3 is 2.25 bits per heavy atom. The third-order valence-corrected chi connectivity index (χ3v) is 4.63. The van der Waals surface area contributed by atoms with Gasteiger partial charge in [0.05, 0.1) is 16.3 Å². The van der Waals surface area contributed by atoms with Crippen LogP contribution in [0.2, 0.25) is 0 Å². The van der Waals surface area contributed by atoms with E-state index in [-0.39, 0.29) is 5.41 Å². The van der Waals surface area contributed by atoms with E-state index in [1.807, 2.05) is 11.8 Å². The first-order valence-corrected chi connectivity index (χ1v) is 6.66. The molecule has 2 atom stereocenters. The molecule has 0 unspecified atom stereocenters. The van der Waals surface area contributed by atoms with Crippen molar-refractivity contribution in [2.24, 2.45) is 10.4 Å². The zero-order chi connectivity index (χ0) is 11.8. The molecule has 86 valence electrons. The van der Waals surface area contributed by atoms with Crippen LogP contribution in [-0.4, -0.2) is 11.1 Å². The van der Waals surface area contributed by atoms with E-state index in [0.717, 1.165) is 0 Å². The minimum absolute atomic E-state index is 0.183. The van der Waals surface area contributed by atoms with E-state index in [9.17, 15) is 0 Å². The van der Waals surface area contributed by atoms with Gasteiger partial charge >= 0.3 is 0 Å². The molecule has 1 aromatic carbocycles. The highest BCUT2D eigenvalue weighted by Crippen LogP contribution is 2.44. The Bertz CT molecular complexity index is 389. The summed E-state index contributed by atoms with van der Waals surface area (Å²) >= 11 is 1.93. The van der Waals surface area contributed by atoms with Gasteiger partial charge in [0.15, 0.2) is 0 Å². The van der Waals surface area contributed by atoms with Crippen molar-refractivity contribution < 1.29 is 0 Å². The summed E-state index contributed by atoms with van der Waals surface area (Å²) in [6.07, 6.45) is 0. The molecule has 0 aliphatic carbocycles. The van der Waals surface area contributed by atoms with Crippen molar-refractivity contribution in [1.82, 2.24) is 0 Å². The normalized spacial score (nSPS) is 25.6. The summed E-state index contributed by atoms with van der Waals surface area (Å²) < 4.78 is 0. The number of rotatable bonds is 1. The molecule has 1 aliphatic heterocycles. The molecule has 0 fully saturated rings. The summed E-state index contributed by atoms with van der Waals surface area (Å²) in [6, 6.07) is 11.1. The molecule has 0 N–H and O–H groups in total. The Balaban J connectivity index is 2.19. The summed E-state index contributed by atoms with van der Waals surface area (Å²) in [5, 5.41) is 1.78. The standard InChI is InChI=1S/C14H19NS/c1-10-12(11-8-6-5-7-9-11)16-13(15-10)14(2,3)4/h5-10,12H,1-4H3/t10-,12+/m1/s1. The molecule has 0 saturated heterocycles.